The molecule has 6 heteroatoms. The maximum atomic E-state index is 4.28. The smallest absolute Gasteiger partial charge is 0.0965 e. The van der Waals surface area contributed by atoms with Crippen molar-refractivity contribution in [3.05, 3.63) is 65.2 Å². The normalized spacial score (nSPS) is 16.9. The first-order valence-electron chi connectivity index (χ1n) is 8.56. The third-order valence-corrected chi connectivity index (χ3v) is 4.67. The third-order valence-electron chi connectivity index (χ3n) is 4.67. The van der Waals surface area contributed by atoms with E-state index in [2.05, 4.69) is 50.1 Å². The van der Waals surface area contributed by atoms with Crippen molar-refractivity contribution in [1.29, 1.82) is 0 Å². The van der Waals surface area contributed by atoms with E-state index in [1.165, 1.54) is 36.0 Å². The highest BCUT2D eigenvalue weighted by Gasteiger charge is 2.19. The van der Waals surface area contributed by atoms with Crippen LogP contribution in [0.25, 0.3) is 0 Å². The van der Waals surface area contributed by atoms with Crippen molar-refractivity contribution >= 4 is 0 Å². The molecule has 0 saturated carbocycles. The molecule has 0 spiro atoms. The molecule has 24 heavy (non-hydrogen) atoms. The molecule has 0 fully saturated rings. The minimum atomic E-state index is 0.422. The first-order valence-corrected chi connectivity index (χ1v) is 8.56. The molecule has 1 atom stereocenters. The van der Waals surface area contributed by atoms with Gasteiger partial charge in [0.25, 0.3) is 0 Å². The molecule has 1 aliphatic carbocycles. The van der Waals surface area contributed by atoms with Gasteiger partial charge in [0.1, 0.15) is 0 Å². The second-order valence-corrected chi connectivity index (χ2v) is 6.35. The van der Waals surface area contributed by atoms with Crippen molar-refractivity contribution in [3.8, 4) is 0 Å². The Balaban J connectivity index is 1.34. The largest absolute Gasteiger partial charge is 0.304 e. The van der Waals surface area contributed by atoms with Crippen LogP contribution in [0.3, 0.4) is 0 Å². The molecule has 1 aliphatic rings. The lowest BCUT2D eigenvalue weighted by Crippen LogP contribution is -2.25. The summed E-state index contributed by atoms with van der Waals surface area (Å²) in [7, 11) is 0. The zero-order valence-electron chi connectivity index (χ0n) is 13.7. The number of aryl methyl sites for hydroxylation is 3. The summed E-state index contributed by atoms with van der Waals surface area (Å²) in [6.07, 6.45) is 10.3. The average molecular weight is 322 g/mol. The minimum absolute atomic E-state index is 0.422. The molecule has 3 aromatic rings. The summed E-state index contributed by atoms with van der Waals surface area (Å²) in [4.78, 5) is 0. The monoisotopic (exact) mass is 322 g/mol. The van der Waals surface area contributed by atoms with Gasteiger partial charge in [-0.1, -0.05) is 29.5 Å². The summed E-state index contributed by atoms with van der Waals surface area (Å²) < 4.78 is 1.90. The molecule has 0 aliphatic heterocycles. The Hall–Kier alpha value is -2.47. The molecule has 2 N–H and O–H groups in total. The van der Waals surface area contributed by atoms with E-state index in [-0.39, 0.29) is 0 Å². The summed E-state index contributed by atoms with van der Waals surface area (Å²) >= 11 is 0. The molecule has 124 valence electrons. The van der Waals surface area contributed by atoms with Gasteiger partial charge in [0.2, 0.25) is 0 Å². The number of nitrogens with zero attached hydrogens (tertiary/aromatic N) is 4. The van der Waals surface area contributed by atoms with Crippen molar-refractivity contribution < 1.29 is 0 Å². The molecular weight excluding hydrogens is 300 g/mol. The van der Waals surface area contributed by atoms with Crippen LogP contribution in [0.15, 0.2) is 42.9 Å². The van der Waals surface area contributed by atoms with Gasteiger partial charge in [-0.2, -0.15) is 5.10 Å². The summed E-state index contributed by atoms with van der Waals surface area (Å²) in [5.74, 6) is 0. The van der Waals surface area contributed by atoms with Crippen molar-refractivity contribution in [2.24, 2.45) is 0 Å². The van der Waals surface area contributed by atoms with E-state index in [0.29, 0.717) is 6.04 Å². The lowest BCUT2D eigenvalue weighted by molar-refractivity contribution is 0.456. The molecule has 1 unspecified atom stereocenters. The van der Waals surface area contributed by atoms with Crippen LogP contribution in [-0.2, 0) is 25.9 Å². The molecule has 4 rings (SSSR count). The summed E-state index contributed by atoms with van der Waals surface area (Å²) in [5.41, 5.74) is 5.09. The fraction of sp³-hybridized carbons (Fsp3) is 0.389. The van der Waals surface area contributed by atoms with Gasteiger partial charge < -0.3 is 5.32 Å². The molecule has 2 heterocycles. The van der Waals surface area contributed by atoms with Crippen LogP contribution in [0.4, 0.5) is 0 Å². The Morgan fingerprint density at radius 2 is 2.25 bits per heavy atom. The second kappa shape index (κ2) is 6.97. The van der Waals surface area contributed by atoms with Crippen LogP contribution in [-0.4, -0.2) is 25.2 Å². The van der Waals surface area contributed by atoms with Crippen molar-refractivity contribution in [3.63, 3.8) is 0 Å². The van der Waals surface area contributed by atoms with Gasteiger partial charge in [-0.15, -0.1) is 5.10 Å². The van der Waals surface area contributed by atoms with E-state index in [4.69, 9.17) is 0 Å². The predicted molar refractivity (Wildman–Crippen MR) is 91.3 cm³/mol. The average Bonchev–Trinajstić information content (AvgIpc) is 3.30. The van der Waals surface area contributed by atoms with Gasteiger partial charge in [0.15, 0.2) is 0 Å². The molecular formula is C18H22N6. The van der Waals surface area contributed by atoms with Gasteiger partial charge in [-0.05, 0) is 42.4 Å². The summed E-state index contributed by atoms with van der Waals surface area (Å²) in [5, 5.41) is 18.9. The number of rotatable bonds is 6. The lowest BCUT2D eigenvalue weighted by Gasteiger charge is -2.26. The highest BCUT2D eigenvalue weighted by Crippen LogP contribution is 2.29. The van der Waals surface area contributed by atoms with E-state index < -0.39 is 0 Å². The standard InChI is InChI=1S/C18H22N6/c1-2-6-17-15(4-1)5-3-7-18(17)19-12-16-13-24(23-22-16)9-8-14-10-20-21-11-14/h1-2,4,6,10-11,13,18-19H,3,5,7-9,12H2,(H,20,21). The van der Waals surface area contributed by atoms with Crippen LogP contribution in [0, 0.1) is 0 Å². The molecule has 0 radical (unpaired) electrons. The Kier molecular flexibility index (Phi) is 4.38. The first-order chi connectivity index (χ1) is 11.9. The summed E-state index contributed by atoms with van der Waals surface area (Å²) in [6.45, 7) is 1.57. The van der Waals surface area contributed by atoms with E-state index in [9.17, 15) is 0 Å². The van der Waals surface area contributed by atoms with Crippen molar-refractivity contribution in [2.45, 2.75) is 44.8 Å². The minimum Gasteiger partial charge on any atom is -0.304 e. The Bertz CT molecular complexity index is 776. The maximum Gasteiger partial charge on any atom is 0.0965 e. The number of aromatic nitrogens is 5. The Labute approximate surface area is 141 Å². The first kappa shape index (κ1) is 15.1. The van der Waals surface area contributed by atoms with Crippen molar-refractivity contribution in [1.82, 2.24) is 30.5 Å². The van der Waals surface area contributed by atoms with E-state index in [0.717, 1.165) is 25.2 Å². The number of aromatic amines is 1. The lowest BCUT2D eigenvalue weighted by atomic mass is 9.88. The van der Waals surface area contributed by atoms with E-state index in [1.54, 1.807) is 0 Å². The van der Waals surface area contributed by atoms with Crippen molar-refractivity contribution in [2.75, 3.05) is 0 Å². The number of H-pyrrole nitrogens is 1. The third kappa shape index (κ3) is 3.38. The highest BCUT2D eigenvalue weighted by molar-refractivity contribution is 5.32. The summed E-state index contributed by atoms with van der Waals surface area (Å²) in [6, 6.07) is 9.17. The SMILES string of the molecule is c1ccc2c(c1)CCCC2NCc1cn(CCc2cn[nH]c2)nn1. The van der Waals surface area contributed by atoms with Crippen LogP contribution in [0.1, 0.15) is 41.3 Å². The predicted octanol–water partition coefficient (Wildman–Crippen LogP) is 2.41. The zero-order valence-corrected chi connectivity index (χ0v) is 13.7. The fourth-order valence-corrected chi connectivity index (χ4v) is 3.38. The highest BCUT2D eigenvalue weighted by atomic mass is 15.4. The molecule has 2 aromatic heterocycles. The van der Waals surface area contributed by atoms with E-state index in [1.807, 2.05) is 23.3 Å². The fourth-order valence-electron chi connectivity index (χ4n) is 3.38. The van der Waals surface area contributed by atoms with Gasteiger partial charge >= 0.3 is 0 Å². The number of hydrogen-bond acceptors (Lipinski definition) is 4. The van der Waals surface area contributed by atoms with Crippen LogP contribution in [0.5, 0.6) is 0 Å². The number of hydrogen-bond donors (Lipinski definition) is 2. The van der Waals surface area contributed by atoms with Crippen LogP contribution >= 0.6 is 0 Å². The molecule has 1 aromatic carbocycles. The van der Waals surface area contributed by atoms with Crippen LogP contribution < -0.4 is 5.32 Å². The number of fused-ring (bicyclic) bond motifs is 1. The van der Waals surface area contributed by atoms with E-state index >= 15 is 0 Å². The second-order valence-electron chi connectivity index (χ2n) is 6.35. The Morgan fingerprint density at radius 1 is 1.29 bits per heavy atom. The topological polar surface area (TPSA) is 71.4 Å². The van der Waals surface area contributed by atoms with Gasteiger partial charge in [-0.25, -0.2) is 0 Å². The van der Waals surface area contributed by atoms with Gasteiger partial charge in [0, 0.05) is 31.5 Å². The number of benzene rings is 1. The maximum absolute atomic E-state index is 4.28. The van der Waals surface area contributed by atoms with Crippen LogP contribution in [0.2, 0.25) is 0 Å². The number of nitrogens with one attached hydrogen (secondary N) is 2. The van der Waals surface area contributed by atoms with Gasteiger partial charge in [-0.3, -0.25) is 9.78 Å². The van der Waals surface area contributed by atoms with Gasteiger partial charge in [0.05, 0.1) is 11.9 Å². The molecule has 6 nitrogen and oxygen atoms in total. The molecule has 0 saturated heterocycles. The zero-order chi connectivity index (χ0) is 16.2. The quantitative estimate of drug-likeness (QED) is 0.731. The molecule has 0 bridgehead atoms. The molecule has 0 amide bonds. The Morgan fingerprint density at radius 3 is 3.17 bits per heavy atom.